The number of carbonyl (C=O) groups excluding carboxylic acids is 1. The van der Waals surface area contributed by atoms with Crippen LogP contribution in [0.25, 0.3) is 0 Å². The van der Waals surface area contributed by atoms with E-state index in [0.29, 0.717) is 15.8 Å². The molecule has 8 heteroatoms. The summed E-state index contributed by atoms with van der Waals surface area (Å²) in [6.07, 6.45) is 2.93. The molecule has 0 unspecified atom stereocenters. The fourth-order valence-corrected chi connectivity index (χ4v) is 6.45. The van der Waals surface area contributed by atoms with Gasteiger partial charge in [-0.2, -0.15) is 0 Å². The van der Waals surface area contributed by atoms with Gasteiger partial charge in [-0.1, -0.05) is 57.3 Å². The Labute approximate surface area is 241 Å². The summed E-state index contributed by atoms with van der Waals surface area (Å²) in [7, 11) is 0. The Morgan fingerprint density at radius 1 is 1.13 bits per heavy atom. The van der Waals surface area contributed by atoms with Crippen LogP contribution in [-0.2, 0) is 14.9 Å². The first kappa shape index (κ1) is 27.2. The van der Waals surface area contributed by atoms with Crippen LogP contribution in [0, 0.1) is 0 Å². The van der Waals surface area contributed by atoms with Gasteiger partial charge in [0.1, 0.15) is 5.75 Å². The maximum Gasteiger partial charge on any atom is 0.349 e. The molecule has 1 fully saturated rings. The molecule has 3 aromatic carbocycles. The number of nitrogens with zero attached hydrogens (tertiary/aromatic N) is 1. The molecule has 0 aliphatic carbocycles. The van der Waals surface area contributed by atoms with Crippen LogP contribution < -0.4 is 10.1 Å². The molecule has 1 N–H and O–H groups in total. The minimum atomic E-state index is -1.18. The Hall–Kier alpha value is -2.38. The van der Waals surface area contributed by atoms with E-state index in [9.17, 15) is 4.79 Å². The van der Waals surface area contributed by atoms with Gasteiger partial charge in [-0.25, -0.2) is 4.79 Å². The van der Waals surface area contributed by atoms with E-state index in [1.807, 2.05) is 42.5 Å². The summed E-state index contributed by atoms with van der Waals surface area (Å²) in [5.74, 6) is 0.258. The fourth-order valence-electron chi connectivity index (χ4n) is 5.70. The van der Waals surface area contributed by atoms with Gasteiger partial charge < -0.3 is 14.8 Å². The zero-order valence-electron chi connectivity index (χ0n) is 21.4. The van der Waals surface area contributed by atoms with Crippen LogP contribution in [0.4, 0.5) is 5.69 Å². The normalized spacial score (nSPS) is 22.4. The minimum absolute atomic E-state index is 0.0727. The van der Waals surface area contributed by atoms with Gasteiger partial charge in [0, 0.05) is 32.2 Å². The van der Waals surface area contributed by atoms with Crippen molar-refractivity contribution in [1.29, 1.82) is 0 Å². The second kappa shape index (κ2) is 10.6. The highest BCUT2D eigenvalue weighted by Crippen LogP contribution is 2.57. The molecule has 0 aromatic heterocycles. The lowest BCUT2D eigenvalue weighted by Gasteiger charge is -2.48. The smallest absolute Gasteiger partial charge is 0.349 e. The molecule has 3 aromatic rings. The lowest BCUT2D eigenvalue weighted by atomic mass is 9.60. The molecule has 1 saturated heterocycles. The third kappa shape index (κ3) is 4.88. The number of benzene rings is 3. The van der Waals surface area contributed by atoms with Crippen molar-refractivity contribution in [3.05, 3.63) is 91.9 Å². The number of halogens is 3. The van der Waals surface area contributed by atoms with Crippen molar-refractivity contribution in [3.63, 3.8) is 0 Å². The number of ether oxygens (including phenoxy) is 2. The van der Waals surface area contributed by atoms with Crippen molar-refractivity contribution in [2.45, 2.75) is 50.2 Å². The largest absolute Gasteiger partial charge is 0.476 e. The van der Waals surface area contributed by atoms with E-state index in [2.05, 4.69) is 45.7 Å². The molecule has 0 radical (unpaired) electrons. The first-order valence-corrected chi connectivity index (χ1v) is 14.2. The number of hydrogen-bond acceptors (Lipinski definition) is 5. The number of esters is 1. The van der Waals surface area contributed by atoms with Gasteiger partial charge in [-0.3, -0.25) is 4.99 Å². The summed E-state index contributed by atoms with van der Waals surface area (Å²) >= 11 is 16.5. The van der Waals surface area contributed by atoms with Gasteiger partial charge in [-0.05, 0) is 87.3 Å². The van der Waals surface area contributed by atoms with Crippen LogP contribution in [0.3, 0.4) is 0 Å². The second-order valence-corrected chi connectivity index (χ2v) is 11.9. The molecule has 0 bridgehead atoms. The first-order valence-electron chi connectivity index (χ1n) is 12.7. The van der Waals surface area contributed by atoms with Gasteiger partial charge in [0.2, 0.25) is 0 Å². The molecular weight excluding hydrogens is 587 g/mol. The van der Waals surface area contributed by atoms with Gasteiger partial charge >= 0.3 is 5.97 Å². The molecule has 2 aliphatic heterocycles. The van der Waals surface area contributed by atoms with Gasteiger partial charge in [0.25, 0.3) is 0 Å². The maximum absolute atomic E-state index is 12.7. The molecule has 1 spiro atoms. The minimum Gasteiger partial charge on any atom is -0.476 e. The van der Waals surface area contributed by atoms with E-state index in [1.165, 1.54) is 0 Å². The number of rotatable bonds is 6. The van der Waals surface area contributed by atoms with Crippen LogP contribution in [0.5, 0.6) is 5.75 Å². The van der Waals surface area contributed by atoms with Gasteiger partial charge in [0.05, 0.1) is 23.8 Å². The summed E-state index contributed by atoms with van der Waals surface area (Å²) < 4.78 is 12.6. The number of fused-ring (bicyclic) bond motifs is 2. The molecule has 5 rings (SSSR count). The van der Waals surface area contributed by atoms with Gasteiger partial charge in [0.15, 0.2) is 5.60 Å². The predicted octanol–water partition coefficient (Wildman–Crippen LogP) is 7.95. The van der Waals surface area contributed by atoms with E-state index in [0.717, 1.165) is 39.8 Å². The van der Waals surface area contributed by atoms with Crippen LogP contribution >= 0.6 is 39.1 Å². The van der Waals surface area contributed by atoms with Crippen molar-refractivity contribution >= 4 is 57.0 Å². The molecule has 2 aliphatic rings. The van der Waals surface area contributed by atoms with E-state index >= 15 is 0 Å². The van der Waals surface area contributed by atoms with Crippen LogP contribution in [0.1, 0.15) is 55.8 Å². The maximum atomic E-state index is 12.7. The zero-order valence-corrected chi connectivity index (χ0v) is 24.5. The molecule has 3 atom stereocenters. The molecule has 0 saturated carbocycles. The van der Waals surface area contributed by atoms with Crippen molar-refractivity contribution in [1.82, 2.24) is 5.32 Å². The molecule has 5 nitrogen and oxygen atoms in total. The van der Waals surface area contributed by atoms with E-state index < -0.39 is 17.0 Å². The molecular formula is C30H29BrCl2N2O3. The SMILES string of the molecule is CCOC(=O)C(C)(C)Oc1ccc(Br)cc1[C@@H]1NCC[C@@H](c2cccc(Cl)c2)[C@]12C=Nc1cc(Cl)ccc12. The fraction of sp³-hybridized carbons (Fsp3) is 0.333. The molecule has 0 amide bonds. The van der Waals surface area contributed by atoms with Crippen LogP contribution in [0.15, 0.2) is 70.1 Å². The number of aliphatic imine (C=N–C) groups is 1. The Morgan fingerprint density at radius 2 is 1.92 bits per heavy atom. The standard InChI is InChI=1S/C30H29BrCl2N2O3/c1-4-37-28(36)29(2,3)38-26-11-8-19(31)15-22(26)27-30(17-35-25-16-21(33)9-10-24(25)30)23(12-13-34-27)18-6-5-7-20(32)14-18/h5-11,14-17,23,27,34H,4,12-13H2,1-3H3/t23-,27-,30-/m0/s1. The van der Waals surface area contributed by atoms with Crippen molar-refractivity contribution in [3.8, 4) is 5.75 Å². The lowest BCUT2D eigenvalue weighted by molar-refractivity contribution is -0.158. The summed E-state index contributed by atoms with van der Waals surface area (Å²) in [6, 6.07) is 19.6. The monoisotopic (exact) mass is 614 g/mol. The Kier molecular flexibility index (Phi) is 7.62. The Bertz CT molecular complexity index is 1410. The summed E-state index contributed by atoms with van der Waals surface area (Å²) in [4.78, 5) is 17.6. The lowest BCUT2D eigenvalue weighted by Crippen LogP contribution is -2.51. The Morgan fingerprint density at radius 3 is 2.68 bits per heavy atom. The third-order valence-corrected chi connectivity index (χ3v) is 8.31. The van der Waals surface area contributed by atoms with Crippen molar-refractivity contribution in [2.75, 3.05) is 13.2 Å². The van der Waals surface area contributed by atoms with E-state index in [-0.39, 0.29) is 18.6 Å². The van der Waals surface area contributed by atoms with Gasteiger partial charge in [-0.15, -0.1) is 0 Å². The molecule has 38 heavy (non-hydrogen) atoms. The third-order valence-electron chi connectivity index (χ3n) is 7.35. The van der Waals surface area contributed by atoms with E-state index in [1.54, 1.807) is 20.8 Å². The average molecular weight is 616 g/mol. The highest BCUT2D eigenvalue weighted by atomic mass is 79.9. The second-order valence-electron chi connectivity index (χ2n) is 10.2. The highest BCUT2D eigenvalue weighted by Gasteiger charge is 2.53. The van der Waals surface area contributed by atoms with Crippen molar-refractivity contribution < 1.29 is 14.3 Å². The molecule has 2 heterocycles. The van der Waals surface area contributed by atoms with Crippen molar-refractivity contribution in [2.24, 2.45) is 4.99 Å². The van der Waals surface area contributed by atoms with E-state index in [4.69, 9.17) is 37.7 Å². The number of piperidine rings is 1. The number of nitrogens with one attached hydrogen (secondary N) is 1. The summed E-state index contributed by atoms with van der Waals surface area (Å²) in [5.41, 5.74) is 2.25. The predicted molar refractivity (Wildman–Crippen MR) is 156 cm³/mol. The summed E-state index contributed by atoms with van der Waals surface area (Å²) in [5, 5.41) is 5.11. The topological polar surface area (TPSA) is 59.9 Å². The Balaban J connectivity index is 1.69. The zero-order chi connectivity index (χ0) is 27.1. The van der Waals surface area contributed by atoms with Crippen LogP contribution in [-0.4, -0.2) is 30.9 Å². The molecule has 198 valence electrons. The first-order chi connectivity index (χ1) is 18.2. The quantitative estimate of drug-likeness (QED) is 0.286. The summed E-state index contributed by atoms with van der Waals surface area (Å²) in [6.45, 7) is 6.29. The average Bonchev–Trinajstić information content (AvgIpc) is 3.23. The highest BCUT2D eigenvalue weighted by molar-refractivity contribution is 9.10. The number of carbonyl (C=O) groups is 1. The van der Waals surface area contributed by atoms with Crippen LogP contribution in [0.2, 0.25) is 10.0 Å². The number of hydrogen-bond donors (Lipinski definition) is 1.